The van der Waals surface area contributed by atoms with E-state index >= 15 is 0 Å². The summed E-state index contributed by atoms with van der Waals surface area (Å²) in [7, 11) is 0. The summed E-state index contributed by atoms with van der Waals surface area (Å²) >= 11 is 12.0. The molecule has 26 heavy (non-hydrogen) atoms. The molecule has 0 spiro atoms. The number of benzene rings is 2. The van der Waals surface area contributed by atoms with Gasteiger partial charge in [-0.1, -0.05) is 23.2 Å². The molecule has 2 amide bonds. The molecule has 134 valence electrons. The summed E-state index contributed by atoms with van der Waals surface area (Å²) < 4.78 is 10.6. The van der Waals surface area contributed by atoms with Gasteiger partial charge < -0.3 is 14.8 Å². The van der Waals surface area contributed by atoms with Crippen molar-refractivity contribution in [2.75, 3.05) is 11.7 Å². The number of carbonyl (C=O) groups excluding carboxylic acids is 2. The lowest BCUT2D eigenvalue weighted by Gasteiger charge is -2.15. The van der Waals surface area contributed by atoms with E-state index in [2.05, 4.69) is 0 Å². The molecule has 1 fully saturated rings. The Kier molecular flexibility index (Phi) is 4.48. The van der Waals surface area contributed by atoms with Crippen molar-refractivity contribution in [3.8, 4) is 11.5 Å². The SMILES string of the molecule is O=C1C[C@@H]([NH2+]Cc2ccc3c(c2)OCO3)C(=O)N1c1cc(Cl)cc(Cl)c1. The summed E-state index contributed by atoms with van der Waals surface area (Å²) in [5, 5.41) is 2.60. The summed E-state index contributed by atoms with van der Waals surface area (Å²) in [6.07, 6.45) is 0.132. The van der Waals surface area contributed by atoms with Gasteiger partial charge in [0, 0.05) is 15.6 Å². The molecule has 2 aliphatic heterocycles. The molecule has 2 N–H and O–H groups in total. The van der Waals surface area contributed by atoms with Crippen LogP contribution in [-0.4, -0.2) is 24.6 Å². The van der Waals surface area contributed by atoms with Crippen LogP contribution in [0.3, 0.4) is 0 Å². The maximum Gasteiger partial charge on any atom is 0.292 e. The molecule has 1 saturated heterocycles. The van der Waals surface area contributed by atoms with Crippen LogP contribution in [0.2, 0.25) is 10.0 Å². The van der Waals surface area contributed by atoms with Gasteiger partial charge in [-0.15, -0.1) is 0 Å². The van der Waals surface area contributed by atoms with Crippen molar-refractivity contribution in [2.24, 2.45) is 0 Å². The Morgan fingerprint density at radius 2 is 1.77 bits per heavy atom. The molecular weight excluding hydrogens is 379 g/mol. The second kappa shape index (κ2) is 6.79. The van der Waals surface area contributed by atoms with Crippen molar-refractivity contribution in [2.45, 2.75) is 19.0 Å². The van der Waals surface area contributed by atoms with E-state index in [1.54, 1.807) is 18.2 Å². The van der Waals surface area contributed by atoms with Gasteiger partial charge in [-0.3, -0.25) is 9.59 Å². The number of halogens is 2. The van der Waals surface area contributed by atoms with Crippen LogP contribution in [0.25, 0.3) is 0 Å². The van der Waals surface area contributed by atoms with Gasteiger partial charge in [0.2, 0.25) is 12.7 Å². The first kappa shape index (κ1) is 17.1. The normalized spacial score (nSPS) is 18.7. The Bertz CT molecular complexity index is 883. The monoisotopic (exact) mass is 393 g/mol. The maximum atomic E-state index is 12.7. The summed E-state index contributed by atoms with van der Waals surface area (Å²) in [5.74, 6) is 0.874. The highest BCUT2D eigenvalue weighted by Gasteiger charge is 2.42. The second-order valence-corrected chi connectivity index (χ2v) is 7.01. The molecule has 2 heterocycles. The van der Waals surface area contributed by atoms with Gasteiger partial charge in [-0.2, -0.15) is 0 Å². The molecular formula is C18H15Cl2N2O4+. The highest BCUT2D eigenvalue weighted by atomic mass is 35.5. The third-order valence-corrected chi connectivity index (χ3v) is 4.80. The molecule has 4 rings (SSSR count). The number of anilines is 1. The predicted molar refractivity (Wildman–Crippen MR) is 95.6 cm³/mol. The molecule has 2 aromatic rings. The van der Waals surface area contributed by atoms with E-state index in [0.29, 0.717) is 33.8 Å². The maximum absolute atomic E-state index is 12.7. The van der Waals surface area contributed by atoms with Crippen LogP contribution in [0.15, 0.2) is 36.4 Å². The molecule has 2 aliphatic rings. The number of rotatable bonds is 4. The zero-order chi connectivity index (χ0) is 18.3. The minimum atomic E-state index is -0.481. The number of amides is 2. The molecule has 6 nitrogen and oxygen atoms in total. The van der Waals surface area contributed by atoms with E-state index in [9.17, 15) is 9.59 Å². The number of fused-ring (bicyclic) bond motifs is 1. The van der Waals surface area contributed by atoms with Crippen LogP contribution in [0.4, 0.5) is 5.69 Å². The smallest absolute Gasteiger partial charge is 0.292 e. The fourth-order valence-corrected chi connectivity index (χ4v) is 3.64. The Morgan fingerprint density at radius 3 is 2.54 bits per heavy atom. The number of imide groups is 1. The second-order valence-electron chi connectivity index (χ2n) is 6.13. The lowest BCUT2D eigenvalue weighted by Crippen LogP contribution is -2.90. The van der Waals surface area contributed by atoms with Crippen LogP contribution >= 0.6 is 23.2 Å². The Hall–Kier alpha value is -2.28. The molecule has 0 saturated carbocycles. The molecule has 1 atom stereocenters. The standard InChI is InChI=1S/C18H14Cl2N2O4/c19-11-4-12(20)6-13(5-11)22-17(23)7-14(18(22)24)21-8-10-1-2-15-16(3-10)26-9-25-15/h1-6,14,21H,7-9H2/p+1/t14-/m1/s1. The quantitative estimate of drug-likeness (QED) is 0.807. The molecule has 0 bridgehead atoms. The van der Waals surface area contributed by atoms with Gasteiger partial charge >= 0.3 is 0 Å². The van der Waals surface area contributed by atoms with E-state index in [-0.39, 0.29) is 25.0 Å². The van der Waals surface area contributed by atoms with Crippen molar-refractivity contribution >= 4 is 40.7 Å². The zero-order valence-corrected chi connectivity index (χ0v) is 15.1. The average molecular weight is 394 g/mol. The largest absolute Gasteiger partial charge is 0.454 e. The van der Waals surface area contributed by atoms with Crippen molar-refractivity contribution in [3.63, 3.8) is 0 Å². The first-order valence-electron chi connectivity index (χ1n) is 8.06. The molecule has 0 unspecified atom stereocenters. The van der Waals surface area contributed by atoms with Crippen LogP contribution < -0.4 is 19.7 Å². The fourth-order valence-electron chi connectivity index (χ4n) is 3.13. The van der Waals surface area contributed by atoms with Gasteiger partial charge in [-0.05, 0) is 36.4 Å². The molecule has 0 aliphatic carbocycles. The van der Waals surface area contributed by atoms with Gasteiger partial charge in [-0.25, -0.2) is 4.90 Å². The minimum Gasteiger partial charge on any atom is -0.454 e. The summed E-state index contributed by atoms with van der Waals surface area (Å²) in [4.78, 5) is 26.2. The fraction of sp³-hybridized carbons (Fsp3) is 0.222. The van der Waals surface area contributed by atoms with Crippen molar-refractivity contribution in [3.05, 3.63) is 52.0 Å². The number of hydrogen-bond acceptors (Lipinski definition) is 4. The Labute approximate surface area is 159 Å². The summed E-state index contributed by atoms with van der Waals surface area (Å²) in [6, 6.07) is 9.83. The number of ether oxygens (including phenoxy) is 2. The van der Waals surface area contributed by atoms with Crippen molar-refractivity contribution in [1.29, 1.82) is 0 Å². The topological polar surface area (TPSA) is 72.5 Å². The van der Waals surface area contributed by atoms with E-state index in [4.69, 9.17) is 32.7 Å². The molecule has 0 radical (unpaired) electrons. The minimum absolute atomic E-state index is 0.132. The highest BCUT2D eigenvalue weighted by Crippen LogP contribution is 2.32. The zero-order valence-electron chi connectivity index (χ0n) is 13.6. The molecule has 8 heteroatoms. The molecule has 2 aromatic carbocycles. The lowest BCUT2D eigenvalue weighted by atomic mass is 10.1. The third kappa shape index (κ3) is 3.23. The van der Waals surface area contributed by atoms with E-state index in [1.807, 2.05) is 23.5 Å². The Balaban J connectivity index is 1.47. The first-order valence-corrected chi connectivity index (χ1v) is 8.81. The number of carbonyl (C=O) groups is 2. The number of hydrogen-bond donors (Lipinski definition) is 1. The summed E-state index contributed by atoms with van der Waals surface area (Å²) in [5.41, 5.74) is 1.38. The van der Waals surface area contributed by atoms with Gasteiger partial charge in [0.05, 0.1) is 12.1 Å². The lowest BCUT2D eigenvalue weighted by molar-refractivity contribution is -0.690. The highest BCUT2D eigenvalue weighted by molar-refractivity contribution is 6.35. The first-order chi connectivity index (χ1) is 12.5. The predicted octanol–water partition coefficient (Wildman–Crippen LogP) is 2.12. The van der Waals surface area contributed by atoms with E-state index in [0.717, 1.165) is 10.5 Å². The van der Waals surface area contributed by atoms with Crippen molar-refractivity contribution < 1.29 is 24.4 Å². The number of nitrogens with zero attached hydrogens (tertiary/aromatic N) is 1. The van der Waals surface area contributed by atoms with Gasteiger partial charge in [0.25, 0.3) is 5.91 Å². The van der Waals surface area contributed by atoms with Crippen LogP contribution in [0.5, 0.6) is 11.5 Å². The Morgan fingerprint density at radius 1 is 1.04 bits per heavy atom. The number of quaternary nitrogens is 1. The van der Waals surface area contributed by atoms with E-state index < -0.39 is 6.04 Å². The van der Waals surface area contributed by atoms with Crippen LogP contribution in [0, 0.1) is 0 Å². The van der Waals surface area contributed by atoms with Crippen molar-refractivity contribution in [1.82, 2.24) is 0 Å². The third-order valence-electron chi connectivity index (χ3n) is 4.36. The van der Waals surface area contributed by atoms with Crippen LogP contribution in [0.1, 0.15) is 12.0 Å². The van der Waals surface area contributed by atoms with Gasteiger partial charge in [0.1, 0.15) is 6.54 Å². The van der Waals surface area contributed by atoms with Crippen LogP contribution in [-0.2, 0) is 16.1 Å². The average Bonchev–Trinajstić information content (AvgIpc) is 3.15. The summed E-state index contributed by atoms with van der Waals surface area (Å²) in [6.45, 7) is 0.764. The van der Waals surface area contributed by atoms with E-state index in [1.165, 1.54) is 0 Å². The number of nitrogens with two attached hydrogens (primary N) is 1. The molecule has 0 aromatic heterocycles. The van der Waals surface area contributed by atoms with Gasteiger partial charge in [0.15, 0.2) is 17.5 Å².